The highest BCUT2D eigenvalue weighted by Gasteiger charge is 2.62. The van der Waals surface area contributed by atoms with Gasteiger partial charge in [0.25, 0.3) is 5.91 Å². The summed E-state index contributed by atoms with van der Waals surface area (Å²) in [6.45, 7) is 4.77. The minimum atomic E-state index is -0.651. The summed E-state index contributed by atoms with van der Waals surface area (Å²) in [7, 11) is 0. The Labute approximate surface area is 133 Å². The first-order valence-corrected chi connectivity index (χ1v) is 8.04. The molecule has 1 aliphatic heterocycles. The van der Waals surface area contributed by atoms with Crippen LogP contribution >= 0.6 is 47.8 Å². The summed E-state index contributed by atoms with van der Waals surface area (Å²) in [5, 5.41) is 0. The van der Waals surface area contributed by atoms with E-state index < -0.39 is 3.23 Å². The molecule has 1 unspecified atom stereocenters. The summed E-state index contributed by atoms with van der Waals surface area (Å²) in [5.41, 5.74) is 1.14. The van der Waals surface area contributed by atoms with Crippen molar-refractivity contribution in [3.8, 4) is 0 Å². The molecule has 0 N–H and O–H groups in total. The lowest BCUT2D eigenvalue weighted by atomic mass is 9.90. The maximum Gasteiger partial charge on any atom is 0.253 e. The summed E-state index contributed by atoms with van der Waals surface area (Å²) in [6.07, 6.45) is 0. The molecule has 1 heterocycles. The van der Waals surface area contributed by atoms with Crippen LogP contribution in [0.4, 0.5) is 0 Å². The van der Waals surface area contributed by atoms with Gasteiger partial charge in [0.1, 0.15) is 0 Å². The molecule has 18 heavy (non-hydrogen) atoms. The number of rotatable bonds is 3. The third-order valence-electron chi connectivity index (χ3n) is 3.05. The average Bonchev–Trinajstić information content (AvgIpc) is 2.27. The van der Waals surface area contributed by atoms with Crippen molar-refractivity contribution >= 4 is 53.7 Å². The number of amides is 1. The Morgan fingerprint density at radius 3 is 2.33 bits per heavy atom. The highest BCUT2D eigenvalue weighted by atomic mass is 79.9. The van der Waals surface area contributed by atoms with Crippen molar-refractivity contribution in [3.63, 3.8) is 0 Å². The van der Waals surface area contributed by atoms with Crippen molar-refractivity contribution in [2.24, 2.45) is 0 Å². The molecular formula is C13H14Br3NO. The summed E-state index contributed by atoms with van der Waals surface area (Å²) in [4.78, 5) is 14.0. The number of β-lactam (4-membered cyclic amide) rings is 1. The van der Waals surface area contributed by atoms with Crippen LogP contribution in [-0.4, -0.2) is 24.4 Å². The van der Waals surface area contributed by atoms with E-state index in [1.807, 2.05) is 35.2 Å². The first-order valence-electron chi connectivity index (χ1n) is 5.66. The number of hydrogen-bond acceptors (Lipinski definition) is 1. The zero-order valence-electron chi connectivity index (χ0n) is 10.2. The molecule has 2 nitrogen and oxygen atoms in total. The number of carbonyl (C=O) groups excluding carboxylic acids is 1. The Balaban J connectivity index is 2.21. The molecule has 1 aliphatic rings. The normalized spacial score (nSPS) is 22.8. The van der Waals surface area contributed by atoms with Crippen molar-refractivity contribution < 1.29 is 4.79 Å². The van der Waals surface area contributed by atoms with Crippen LogP contribution in [0.25, 0.3) is 0 Å². The van der Waals surface area contributed by atoms with Gasteiger partial charge >= 0.3 is 0 Å². The van der Waals surface area contributed by atoms with Crippen LogP contribution in [0.2, 0.25) is 0 Å². The molecule has 5 heteroatoms. The van der Waals surface area contributed by atoms with Crippen LogP contribution < -0.4 is 0 Å². The predicted octanol–water partition coefficient (Wildman–Crippen LogP) is 4.06. The second-order valence-electron chi connectivity index (χ2n) is 5.01. The van der Waals surface area contributed by atoms with Crippen LogP contribution in [0.15, 0.2) is 30.3 Å². The van der Waals surface area contributed by atoms with Gasteiger partial charge in [-0.2, -0.15) is 0 Å². The summed E-state index contributed by atoms with van der Waals surface area (Å²) >= 11 is 10.6. The van der Waals surface area contributed by atoms with Gasteiger partial charge in [-0.05, 0) is 19.4 Å². The van der Waals surface area contributed by atoms with E-state index in [-0.39, 0.29) is 16.3 Å². The predicted molar refractivity (Wildman–Crippen MR) is 84.4 cm³/mol. The molecule has 1 amide bonds. The molecule has 98 valence electrons. The van der Waals surface area contributed by atoms with Crippen molar-refractivity contribution in [3.05, 3.63) is 35.9 Å². The number of alkyl halides is 3. The molecule has 0 bridgehead atoms. The van der Waals surface area contributed by atoms with Gasteiger partial charge in [0.15, 0.2) is 3.23 Å². The second kappa shape index (κ2) is 4.91. The molecule has 1 saturated heterocycles. The van der Waals surface area contributed by atoms with Crippen LogP contribution in [-0.2, 0) is 11.3 Å². The number of hydrogen-bond donors (Lipinski definition) is 0. The highest BCUT2D eigenvalue weighted by molar-refractivity contribution is 9.26. The summed E-state index contributed by atoms with van der Waals surface area (Å²) in [6, 6.07) is 10.1. The van der Waals surface area contributed by atoms with Gasteiger partial charge in [0.2, 0.25) is 0 Å². The van der Waals surface area contributed by atoms with E-state index in [4.69, 9.17) is 0 Å². The quantitative estimate of drug-likeness (QED) is 0.514. The fourth-order valence-electron chi connectivity index (χ4n) is 2.30. The minimum Gasteiger partial charge on any atom is -0.329 e. The number of benzene rings is 1. The molecular weight excluding hydrogens is 426 g/mol. The monoisotopic (exact) mass is 437 g/mol. The van der Waals surface area contributed by atoms with E-state index in [1.165, 1.54) is 0 Å². The molecule has 0 spiro atoms. The third-order valence-corrected chi connectivity index (χ3v) is 5.03. The lowest BCUT2D eigenvalue weighted by Crippen LogP contribution is -2.72. The van der Waals surface area contributed by atoms with Crippen LogP contribution in [0.1, 0.15) is 19.4 Å². The summed E-state index contributed by atoms with van der Waals surface area (Å²) < 4.78 is -0.815. The van der Waals surface area contributed by atoms with Crippen LogP contribution in [0.3, 0.4) is 0 Å². The lowest BCUT2D eigenvalue weighted by molar-refractivity contribution is -0.148. The Morgan fingerprint density at radius 1 is 1.28 bits per heavy atom. The molecule has 0 aromatic heterocycles. The Hall–Kier alpha value is 0.130. The van der Waals surface area contributed by atoms with Gasteiger partial charge in [0, 0.05) is 10.9 Å². The third kappa shape index (κ3) is 2.54. The van der Waals surface area contributed by atoms with E-state index in [0.717, 1.165) is 5.56 Å². The zero-order chi connectivity index (χ0) is 13.6. The fourth-order valence-corrected chi connectivity index (χ4v) is 5.60. The van der Waals surface area contributed by atoms with E-state index in [9.17, 15) is 4.79 Å². The topological polar surface area (TPSA) is 20.3 Å². The average molecular weight is 440 g/mol. The van der Waals surface area contributed by atoms with E-state index >= 15 is 0 Å². The fraction of sp³-hybridized carbons (Fsp3) is 0.462. The second-order valence-corrected chi connectivity index (χ2v) is 10.6. The van der Waals surface area contributed by atoms with Gasteiger partial charge in [-0.1, -0.05) is 78.1 Å². The van der Waals surface area contributed by atoms with E-state index in [1.54, 1.807) is 0 Å². The number of nitrogens with zero attached hydrogens (tertiary/aromatic N) is 1. The highest BCUT2D eigenvalue weighted by Crippen LogP contribution is 2.51. The minimum absolute atomic E-state index is 0.0534. The van der Waals surface area contributed by atoms with Gasteiger partial charge in [-0.25, -0.2) is 0 Å². The van der Waals surface area contributed by atoms with Crippen molar-refractivity contribution in [1.29, 1.82) is 0 Å². The van der Waals surface area contributed by atoms with Gasteiger partial charge in [0.05, 0.1) is 6.04 Å². The molecule has 0 saturated carbocycles. The molecule has 2 rings (SSSR count). The smallest absolute Gasteiger partial charge is 0.253 e. The first-order chi connectivity index (χ1) is 8.24. The Morgan fingerprint density at radius 2 is 1.83 bits per heavy atom. The SMILES string of the molecule is CC(C)(Br)C1N(Cc2ccccc2)C(=O)C1(Br)Br. The van der Waals surface area contributed by atoms with Gasteiger partial charge in [-0.15, -0.1) is 0 Å². The molecule has 1 aromatic carbocycles. The maximum absolute atomic E-state index is 12.2. The first kappa shape index (κ1) is 14.5. The van der Waals surface area contributed by atoms with Crippen LogP contribution in [0, 0.1) is 0 Å². The standard InChI is InChI=1S/C13H14Br3NO/c1-12(2,14)10-13(15,16)11(18)17(10)8-9-6-4-3-5-7-9/h3-7,10H,8H2,1-2H3. The van der Waals surface area contributed by atoms with Gasteiger partial charge < -0.3 is 4.90 Å². The molecule has 0 aliphatic carbocycles. The van der Waals surface area contributed by atoms with Crippen molar-refractivity contribution in [2.75, 3.05) is 0 Å². The van der Waals surface area contributed by atoms with Crippen molar-refractivity contribution in [2.45, 2.75) is 34.0 Å². The van der Waals surface area contributed by atoms with E-state index in [0.29, 0.717) is 6.54 Å². The number of likely N-dealkylation sites (tertiary alicyclic amines) is 1. The van der Waals surface area contributed by atoms with E-state index in [2.05, 4.69) is 61.6 Å². The Kier molecular flexibility index (Phi) is 3.96. The molecule has 1 fully saturated rings. The molecule has 1 aromatic rings. The van der Waals surface area contributed by atoms with Crippen LogP contribution in [0.5, 0.6) is 0 Å². The summed E-state index contributed by atoms with van der Waals surface area (Å²) in [5.74, 6) is 0.0730. The number of carbonyl (C=O) groups is 1. The van der Waals surface area contributed by atoms with Crippen molar-refractivity contribution in [1.82, 2.24) is 4.90 Å². The zero-order valence-corrected chi connectivity index (χ0v) is 14.9. The largest absolute Gasteiger partial charge is 0.329 e. The van der Waals surface area contributed by atoms with Gasteiger partial charge in [-0.3, -0.25) is 4.79 Å². The number of halogens is 3. The Bertz CT molecular complexity index is 453. The molecule has 1 atom stereocenters. The maximum atomic E-state index is 12.2. The molecule has 0 radical (unpaired) electrons. The lowest BCUT2D eigenvalue weighted by Gasteiger charge is -2.55.